The first-order valence-corrected chi connectivity index (χ1v) is 18.0. The fraction of sp³-hybridized carbons (Fsp3) is 0.711. The summed E-state index contributed by atoms with van der Waals surface area (Å²) in [6, 6.07) is 3.85. The highest BCUT2D eigenvalue weighted by Gasteiger charge is 2.60. The number of carbonyl (C=O) groups excluding carboxylic acids is 2. The van der Waals surface area contributed by atoms with E-state index in [4.69, 9.17) is 9.15 Å². The van der Waals surface area contributed by atoms with Crippen LogP contribution in [0.25, 0.3) is 11.0 Å². The minimum atomic E-state index is -0.311. The van der Waals surface area contributed by atoms with Gasteiger partial charge in [-0.1, -0.05) is 13.8 Å². The maximum atomic E-state index is 13.0. The molecule has 1 aromatic heterocycles. The molecule has 6 aliphatic rings. The molecule has 4 saturated carbocycles. The summed E-state index contributed by atoms with van der Waals surface area (Å²) < 4.78 is 12.3. The van der Waals surface area contributed by atoms with Gasteiger partial charge in [0.1, 0.15) is 18.0 Å². The van der Waals surface area contributed by atoms with Crippen LogP contribution in [0.1, 0.15) is 101 Å². The highest BCUT2D eigenvalue weighted by Crippen LogP contribution is 2.66. The van der Waals surface area contributed by atoms with Gasteiger partial charge in [0.2, 0.25) is 5.91 Å². The standard InChI is InChI=1S/C38H50N2O5/c1-37-14-11-26(41)21-25(37)7-8-27-30-9-10-32(38(30,2)15-12-31(27)37)44-22-33(42)39-16-13-23-20-34(43)45-36-28-6-4-18-40-17-3-5-24(35(28)40)19-29(23)36/h19-20,25,27,30-32H,3-18,21-22H2,1-2H3,(H,39,42)/t25-,27?,30?,31?,32-,37-,38-/m0/s1. The second kappa shape index (κ2) is 11.2. The lowest BCUT2D eigenvalue weighted by Crippen LogP contribution is -2.54. The summed E-state index contributed by atoms with van der Waals surface area (Å²) in [6.07, 6.45) is 14.7. The molecule has 7 atom stereocenters. The van der Waals surface area contributed by atoms with Crippen molar-refractivity contribution in [1.82, 2.24) is 5.32 Å². The van der Waals surface area contributed by atoms with Crippen LogP contribution in [-0.4, -0.2) is 44.0 Å². The summed E-state index contributed by atoms with van der Waals surface area (Å²) in [4.78, 5) is 40.4. The van der Waals surface area contributed by atoms with Crippen LogP contribution >= 0.6 is 0 Å². The van der Waals surface area contributed by atoms with E-state index in [0.29, 0.717) is 36.0 Å². The highest BCUT2D eigenvalue weighted by molar-refractivity contribution is 5.90. The zero-order valence-corrected chi connectivity index (χ0v) is 27.3. The van der Waals surface area contributed by atoms with Crippen molar-refractivity contribution in [3.05, 3.63) is 39.2 Å². The number of carbonyl (C=O) groups is 2. The fourth-order valence-electron chi connectivity index (χ4n) is 11.6. The van der Waals surface area contributed by atoms with Crippen LogP contribution < -0.4 is 15.8 Å². The molecule has 1 aromatic carbocycles. The summed E-state index contributed by atoms with van der Waals surface area (Å²) in [5.41, 5.74) is 5.69. The van der Waals surface area contributed by atoms with E-state index < -0.39 is 0 Å². The van der Waals surface area contributed by atoms with Crippen LogP contribution in [0.4, 0.5) is 5.69 Å². The van der Waals surface area contributed by atoms with Gasteiger partial charge in [-0.15, -0.1) is 0 Å². The molecule has 242 valence electrons. The van der Waals surface area contributed by atoms with Crippen molar-refractivity contribution in [2.45, 2.75) is 110 Å². The maximum Gasteiger partial charge on any atom is 0.336 e. The molecule has 3 heterocycles. The molecule has 0 saturated heterocycles. The van der Waals surface area contributed by atoms with Gasteiger partial charge in [0, 0.05) is 55.2 Å². The molecule has 2 aliphatic heterocycles. The molecule has 1 N–H and O–H groups in total. The molecule has 4 fully saturated rings. The number of hydrogen-bond acceptors (Lipinski definition) is 6. The van der Waals surface area contributed by atoms with Crippen molar-refractivity contribution in [2.24, 2.45) is 34.5 Å². The number of aryl methyl sites for hydroxylation is 2. The zero-order chi connectivity index (χ0) is 30.9. The second-order valence-corrected chi connectivity index (χ2v) is 15.9. The van der Waals surface area contributed by atoms with Gasteiger partial charge in [0.15, 0.2) is 0 Å². The fourth-order valence-corrected chi connectivity index (χ4v) is 11.6. The molecule has 0 radical (unpaired) electrons. The minimum absolute atomic E-state index is 0.0778. The molecule has 0 bridgehead atoms. The largest absolute Gasteiger partial charge is 0.422 e. The Labute approximate surface area is 266 Å². The molecular weight excluding hydrogens is 564 g/mol. The minimum Gasteiger partial charge on any atom is -0.422 e. The van der Waals surface area contributed by atoms with Crippen LogP contribution in [0.2, 0.25) is 0 Å². The van der Waals surface area contributed by atoms with Crippen LogP contribution in [-0.2, 0) is 33.6 Å². The van der Waals surface area contributed by atoms with Gasteiger partial charge in [-0.2, -0.15) is 0 Å². The van der Waals surface area contributed by atoms with Gasteiger partial charge < -0.3 is 19.4 Å². The van der Waals surface area contributed by atoms with E-state index in [1.54, 1.807) is 6.07 Å². The monoisotopic (exact) mass is 614 g/mol. The van der Waals surface area contributed by atoms with Crippen LogP contribution in [0.15, 0.2) is 21.3 Å². The van der Waals surface area contributed by atoms with E-state index in [1.165, 1.54) is 42.5 Å². The Hall–Kier alpha value is -2.67. The average Bonchev–Trinajstić information content (AvgIpc) is 3.37. The normalized spacial score (nSPS) is 35.4. The number of hydrogen-bond donors (Lipinski definition) is 1. The van der Waals surface area contributed by atoms with E-state index in [9.17, 15) is 14.4 Å². The van der Waals surface area contributed by atoms with Gasteiger partial charge in [0.05, 0.1) is 6.10 Å². The molecular formula is C38H50N2O5. The van der Waals surface area contributed by atoms with E-state index in [1.807, 2.05) is 0 Å². The Bertz CT molecular complexity index is 1580. The van der Waals surface area contributed by atoms with Crippen molar-refractivity contribution < 1.29 is 18.7 Å². The number of nitrogens with one attached hydrogen (secondary N) is 1. The van der Waals surface area contributed by atoms with Crippen molar-refractivity contribution in [2.75, 3.05) is 31.1 Å². The van der Waals surface area contributed by atoms with Crippen molar-refractivity contribution in [3.8, 4) is 0 Å². The van der Waals surface area contributed by atoms with Crippen LogP contribution in [0.3, 0.4) is 0 Å². The molecule has 8 rings (SSSR count). The molecule has 3 unspecified atom stereocenters. The zero-order valence-electron chi connectivity index (χ0n) is 27.3. The molecule has 7 nitrogen and oxygen atoms in total. The van der Waals surface area contributed by atoms with Gasteiger partial charge in [-0.05, 0) is 129 Å². The Morgan fingerprint density at radius 2 is 1.80 bits per heavy atom. The van der Waals surface area contributed by atoms with Crippen molar-refractivity contribution >= 4 is 28.3 Å². The highest BCUT2D eigenvalue weighted by atomic mass is 16.5. The van der Waals surface area contributed by atoms with E-state index in [2.05, 4.69) is 30.1 Å². The number of nitrogens with zero attached hydrogens (tertiary/aromatic N) is 1. The Morgan fingerprint density at radius 1 is 0.978 bits per heavy atom. The van der Waals surface area contributed by atoms with Gasteiger partial charge >= 0.3 is 5.63 Å². The lowest BCUT2D eigenvalue weighted by atomic mass is 9.45. The van der Waals surface area contributed by atoms with E-state index in [-0.39, 0.29) is 29.7 Å². The summed E-state index contributed by atoms with van der Waals surface area (Å²) in [6.45, 7) is 7.64. The Kier molecular flexibility index (Phi) is 7.42. The maximum absolute atomic E-state index is 13.0. The van der Waals surface area contributed by atoms with Crippen molar-refractivity contribution in [1.29, 1.82) is 0 Å². The Balaban J connectivity index is 0.896. The first-order valence-electron chi connectivity index (χ1n) is 18.0. The van der Waals surface area contributed by atoms with Gasteiger partial charge in [-0.3, -0.25) is 9.59 Å². The van der Waals surface area contributed by atoms with Crippen LogP contribution in [0.5, 0.6) is 0 Å². The Morgan fingerprint density at radius 3 is 2.67 bits per heavy atom. The first-order chi connectivity index (χ1) is 21.7. The third-order valence-corrected chi connectivity index (χ3v) is 13.8. The average molecular weight is 615 g/mol. The number of benzene rings is 1. The SMILES string of the molecule is C[C@]12CCC3C(CC[C@H]4CC(=O)CC[C@]34C)C1CC[C@@H]2OCC(=O)NCCc1cc(=O)oc2c3c4c(cc12)CCCN4CCC3. The van der Waals surface area contributed by atoms with E-state index in [0.717, 1.165) is 99.2 Å². The molecule has 2 aromatic rings. The van der Waals surface area contributed by atoms with Crippen molar-refractivity contribution in [3.63, 3.8) is 0 Å². The molecule has 1 amide bonds. The molecule has 45 heavy (non-hydrogen) atoms. The lowest BCUT2D eigenvalue weighted by molar-refractivity contribution is -0.148. The number of ether oxygens (including phenoxy) is 1. The second-order valence-electron chi connectivity index (χ2n) is 15.9. The van der Waals surface area contributed by atoms with Gasteiger partial charge in [-0.25, -0.2) is 4.79 Å². The number of anilines is 1. The smallest absolute Gasteiger partial charge is 0.336 e. The topological polar surface area (TPSA) is 88.8 Å². The number of fused-ring (bicyclic) bond motifs is 7. The molecule has 0 spiro atoms. The predicted molar refractivity (Wildman–Crippen MR) is 175 cm³/mol. The first kappa shape index (κ1) is 29.7. The predicted octanol–water partition coefficient (Wildman–Crippen LogP) is 6.15. The number of amides is 1. The lowest BCUT2D eigenvalue weighted by Gasteiger charge is -2.60. The molecule has 7 heteroatoms. The quantitative estimate of drug-likeness (QED) is 0.393. The number of ketones is 1. The van der Waals surface area contributed by atoms with E-state index >= 15 is 0 Å². The number of rotatable bonds is 6. The summed E-state index contributed by atoms with van der Waals surface area (Å²) in [5.74, 6) is 3.08. The summed E-state index contributed by atoms with van der Waals surface area (Å²) in [7, 11) is 0. The third-order valence-electron chi connectivity index (χ3n) is 13.8. The molecule has 4 aliphatic carbocycles. The number of Topliss-reactive ketones (excluding diaryl/α,β-unsaturated/α-hetero) is 1. The van der Waals surface area contributed by atoms with Gasteiger partial charge in [0.25, 0.3) is 0 Å². The van der Waals surface area contributed by atoms with Crippen LogP contribution in [0, 0.1) is 34.5 Å². The summed E-state index contributed by atoms with van der Waals surface area (Å²) in [5, 5.41) is 4.11. The third kappa shape index (κ3) is 4.89. The summed E-state index contributed by atoms with van der Waals surface area (Å²) >= 11 is 0.